The fraction of sp³-hybridized carbons (Fsp3) is 0.519. The molecule has 2 atom stereocenters. The summed E-state index contributed by atoms with van der Waals surface area (Å²) in [5, 5.41) is 3.93. The Morgan fingerprint density at radius 1 is 0.919 bits per heavy atom. The van der Waals surface area contributed by atoms with E-state index in [9.17, 15) is 13.6 Å². The molecule has 1 amide bonds. The Bertz CT molecular complexity index is 1070. The van der Waals surface area contributed by atoms with E-state index in [1.807, 2.05) is 20.8 Å². The third-order valence-corrected chi connectivity index (χ3v) is 6.99. The predicted octanol–water partition coefficient (Wildman–Crippen LogP) is 6.28. The first kappa shape index (κ1) is 29.6. The molecule has 0 spiro atoms. The molecule has 2 heterocycles. The van der Waals surface area contributed by atoms with E-state index in [4.69, 9.17) is 37.4 Å². The van der Waals surface area contributed by atoms with Gasteiger partial charge in [-0.15, -0.1) is 0 Å². The summed E-state index contributed by atoms with van der Waals surface area (Å²) in [6, 6.07) is 8.87. The van der Waals surface area contributed by atoms with Crippen LogP contribution in [0.15, 0.2) is 36.4 Å². The molecule has 1 N–H and O–H groups in total. The van der Waals surface area contributed by atoms with Crippen LogP contribution >= 0.6 is 23.2 Å². The minimum atomic E-state index is -0.761. The Hall–Kier alpha value is -1.97. The molecule has 10 heteroatoms. The normalized spacial score (nSPS) is 23.5. The van der Waals surface area contributed by atoms with Crippen molar-refractivity contribution in [1.82, 2.24) is 10.2 Å². The molecule has 0 radical (unpaired) electrons. The fourth-order valence-corrected chi connectivity index (χ4v) is 5.07. The van der Waals surface area contributed by atoms with Gasteiger partial charge in [0.1, 0.15) is 28.4 Å². The number of nitrogens with one attached hydrogen (secondary N) is 1. The summed E-state index contributed by atoms with van der Waals surface area (Å²) in [6.07, 6.45) is 1.00. The van der Waals surface area contributed by atoms with Crippen LogP contribution in [0.5, 0.6) is 0 Å². The fourth-order valence-electron chi connectivity index (χ4n) is 4.63. The second-order valence-corrected chi connectivity index (χ2v) is 11.2. The van der Waals surface area contributed by atoms with E-state index in [0.717, 1.165) is 18.5 Å². The van der Waals surface area contributed by atoms with Crippen LogP contribution in [0.4, 0.5) is 13.6 Å². The Kier molecular flexibility index (Phi) is 9.46. The lowest BCUT2D eigenvalue weighted by Gasteiger charge is -2.29. The summed E-state index contributed by atoms with van der Waals surface area (Å²) in [5.74, 6) is -0.740. The van der Waals surface area contributed by atoms with E-state index in [0.29, 0.717) is 41.7 Å². The van der Waals surface area contributed by atoms with E-state index in [1.54, 1.807) is 31.3 Å². The molecule has 0 aliphatic carbocycles. The first-order chi connectivity index (χ1) is 17.3. The Morgan fingerprint density at radius 3 is 1.89 bits per heavy atom. The minimum absolute atomic E-state index is 0.304. The zero-order valence-corrected chi connectivity index (χ0v) is 23.3. The Balaban J connectivity index is 0.000000220. The third kappa shape index (κ3) is 7.33. The maximum absolute atomic E-state index is 13.6. The molecular weight excluding hydrogens is 525 g/mol. The highest BCUT2D eigenvalue weighted by molar-refractivity contribution is 6.30. The van der Waals surface area contributed by atoms with Crippen LogP contribution in [0.25, 0.3) is 0 Å². The van der Waals surface area contributed by atoms with Crippen molar-refractivity contribution in [2.45, 2.75) is 50.4 Å². The van der Waals surface area contributed by atoms with Gasteiger partial charge in [-0.3, -0.25) is 0 Å². The van der Waals surface area contributed by atoms with Gasteiger partial charge in [-0.2, -0.15) is 0 Å². The number of hydrogen-bond donors (Lipinski definition) is 1. The highest BCUT2D eigenvalue weighted by atomic mass is 35.5. The van der Waals surface area contributed by atoms with Crippen LogP contribution < -0.4 is 5.32 Å². The molecule has 2 fully saturated rings. The molecule has 4 rings (SSSR count). The lowest BCUT2D eigenvalue weighted by Crippen LogP contribution is -2.39. The molecule has 2 aliphatic rings. The number of rotatable bonds is 4. The van der Waals surface area contributed by atoms with Crippen molar-refractivity contribution in [2.24, 2.45) is 0 Å². The summed E-state index contributed by atoms with van der Waals surface area (Å²) < 4.78 is 43.4. The number of amides is 1. The summed E-state index contributed by atoms with van der Waals surface area (Å²) in [4.78, 5) is 13.8. The van der Waals surface area contributed by atoms with Gasteiger partial charge in [-0.1, -0.05) is 23.2 Å². The van der Waals surface area contributed by atoms with Gasteiger partial charge in [-0.25, -0.2) is 13.6 Å². The number of benzene rings is 2. The maximum Gasteiger partial charge on any atom is 0.410 e. The number of likely N-dealkylation sites (tertiary alicyclic amines) is 1. The van der Waals surface area contributed by atoms with Crippen molar-refractivity contribution < 1.29 is 27.8 Å². The van der Waals surface area contributed by atoms with Crippen LogP contribution in [0, 0.1) is 11.6 Å². The lowest BCUT2D eigenvalue weighted by molar-refractivity contribution is -0.0132. The van der Waals surface area contributed by atoms with Gasteiger partial charge >= 0.3 is 6.09 Å². The molecule has 2 aromatic carbocycles. The average molecular weight is 559 g/mol. The number of carbonyl (C=O) groups is 1. The van der Waals surface area contributed by atoms with Gasteiger partial charge in [0.15, 0.2) is 0 Å². The second kappa shape index (κ2) is 11.8. The zero-order valence-electron chi connectivity index (χ0n) is 21.8. The molecule has 6 nitrogen and oxygen atoms in total. The standard InChI is InChI=1S/C16H21ClFNO3.C11H13ClFNO/c1-15(2,3)22-14(20)19-6-5-16(10-19,21-4)11-7-12(17)9-13(18)8-11;1-15-11(2-3-14-7-11)8-4-9(12)6-10(13)5-8/h7-9H,5-6,10H2,1-4H3;4-6,14H,2-3,7H2,1H3. The first-order valence-corrected chi connectivity index (χ1v) is 12.8. The number of nitrogens with zero attached hydrogens (tertiary/aromatic N) is 1. The smallest absolute Gasteiger partial charge is 0.410 e. The van der Waals surface area contributed by atoms with Crippen LogP contribution in [0.1, 0.15) is 44.7 Å². The summed E-state index contributed by atoms with van der Waals surface area (Å²) in [7, 11) is 3.20. The molecule has 37 heavy (non-hydrogen) atoms. The maximum atomic E-state index is 13.6. The zero-order chi connectivity index (χ0) is 27.4. The minimum Gasteiger partial charge on any atom is -0.444 e. The quantitative estimate of drug-likeness (QED) is 0.478. The van der Waals surface area contributed by atoms with Crippen LogP contribution in [-0.2, 0) is 25.4 Å². The van der Waals surface area contributed by atoms with Crippen molar-refractivity contribution in [2.75, 3.05) is 40.4 Å². The van der Waals surface area contributed by atoms with Crippen molar-refractivity contribution in [3.05, 3.63) is 69.2 Å². The molecule has 0 bridgehead atoms. The van der Waals surface area contributed by atoms with E-state index in [1.165, 1.54) is 24.3 Å². The molecular formula is C27H34Cl2F2N2O4. The topological polar surface area (TPSA) is 60.0 Å². The number of carbonyl (C=O) groups excluding carboxylic acids is 1. The van der Waals surface area contributed by atoms with Gasteiger partial charge in [0.05, 0.1) is 6.54 Å². The van der Waals surface area contributed by atoms with Gasteiger partial charge in [0.25, 0.3) is 0 Å². The molecule has 2 unspecified atom stereocenters. The Labute approximate surface area is 227 Å². The van der Waals surface area contributed by atoms with E-state index in [2.05, 4.69) is 5.32 Å². The van der Waals surface area contributed by atoms with Crippen molar-refractivity contribution in [3.8, 4) is 0 Å². The van der Waals surface area contributed by atoms with Gasteiger partial charge in [0, 0.05) is 43.8 Å². The van der Waals surface area contributed by atoms with Gasteiger partial charge in [-0.05, 0) is 81.3 Å². The van der Waals surface area contributed by atoms with Gasteiger partial charge in [0.2, 0.25) is 0 Å². The average Bonchev–Trinajstić information content (AvgIpc) is 3.46. The summed E-state index contributed by atoms with van der Waals surface area (Å²) >= 11 is 11.8. The molecule has 2 aliphatic heterocycles. The van der Waals surface area contributed by atoms with Crippen molar-refractivity contribution in [1.29, 1.82) is 0 Å². The number of ether oxygens (including phenoxy) is 3. The van der Waals surface area contributed by atoms with Gasteiger partial charge < -0.3 is 24.4 Å². The van der Waals surface area contributed by atoms with Crippen LogP contribution in [0.3, 0.4) is 0 Å². The third-order valence-electron chi connectivity index (χ3n) is 6.56. The van der Waals surface area contributed by atoms with E-state index in [-0.39, 0.29) is 5.82 Å². The lowest BCUT2D eigenvalue weighted by atomic mass is 9.92. The largest absolute Gasteiger partial charge is 0.444 e. The molecule has 2 aromatic rings. The highest BCUT2D eigenvalue weighted by Gasteiger charge is 2.43. The van der Waals surface area contributed by atoms with E-state index < -0.39 is 28.7 Å². The monoisotopic (exact) mass is 558 g/mol. The first-order valence-electron chi connectivity index (χ1n) is 12.0. The predicted molar refractivity (Wildman–Crippen MR) is 140 cm³/mol. The number of hydrogen-bond acceptors (Lipinski definition) is 5. The van der Waals surface area contributed by atoms with Crippen molar-refractivity contribution in [3.63, 3.8) is 0 Å². The SMILES string of the molecule is COC1(c2cc(F)cc(Cl)c2)CCN(C(=O)OC(C)(C)C)C1.COC1(c2cc(F)cc(Cl)c2)CCNC1. The second-order valence-electron chi connectivity index (χ2n) is 10.3. The summed E-state index contributed by atoms with van der Waals surface area (Å²) in [5.41, 5.74) is -0.308. The number of methoxy groups -OCH3 is 2. The van der Waals surface area contributed by atoms with Crippen LogP contribution in [0.2, 0.25) is 10.0 Å². The van der Waals surface area contributed by atoms with E-state index >= 15 is 0 Å². The highest BCUT2D eigenvalue weighted by Crippen LogP contribution is 2.37. The summed E-state index contributed by atoms with van der Waals surface area (Å²) in [6.45, 7) is 7.81. The Morgan fingerprint density at radius 2 is 1.46 bits per heavy atom. The van der Waals surface area contributed by atoms with Crippen molar-refractivity contribution >= 4 is 29.3 Å². The number of halogens is 4. The molecule has 2 saturated heterocycles. The van der Waals surface area contributed by atoms with Crippen LogP contribution in [-0.4, -0.2) is 57.0 Å². The molecule has 0 saturated carbocycles. The molecule has 204 valence electrons. The molecule has 0 aromatic heterocycles.